The van der Waals surface area contributed by atoms with E-state index in [1.54, 1.807) is 6.08 Å². The van der Waals surface area contributed by atoms with Crippen LogP contribution in [-0.2, 0) is 16.1 Å². The molecule has 162 valence electrons. The van der Waals surface area contributed by atoms with Crippen molar-refractivity contribution in [3.8, 4) is 0 Å². The average Bonchev–Trinajstić information content (AvgIpc) is 2.75. The van der Waals surface area contributed by atoms with Crippen LogP contribution in [0, 0.1) is 11.3 Å². The number of rotatable bonds is 8. The third kappa shape index (κ3) is 4.19. The van der Waals surface area contributed by atoms with Crippen molar-refractivity contribution in [3.05, 3.63) is 48.6 Å². The maximum atomic E-state index is 13.6. The molecule has 2 saturated heterocycles. The molecular weight excluding hydrogens is 378 g/mol. The van der Waals surface area contributed by atoms with Crippen LogP contribution < -0.4 is 0 Å². The second-order valence-electron chi connectivity index (χ2n) is 8.64. The molecular formula is C24H33N3O3. The first kappa shape index (κ1) is 22.2. The van der Waals surface area contributed by atoms with Gasteiger partial charge in [-0.1, -0.05) is 56.7 Å². The highest BCUT2D eigenvalue weighted by Gasteiger charge is 2.58. The minimum atomic E-state index is -1.29. The van der Waals surface area contributed by atoms with Gasteiger partial charge in [-0.2, -0.15) is 0 Å². The van der Waals surface area contributed by atoms with Gasteiger partial charge in [0, 0.05) is 13.1 Å². The van der Waals surface area contributed by atoms with Gasteiger partial charge in [0.1, 0.15) is 5.41 Å². The maximum absolute atomic E-state index is 13.6. The predicted molar refractivity (Wildman–Crippen MR) is 116 cm³/mol. The van der Waals surface area contributed by atoms with Crippen molar-refractivity contribution in [2.45, 2.75) is 46.1 Å². The Kier molecular flexibility index (Phi) is 7.08. The van der Waals surface area contributed by atoms with Crippen LogP contribution >= 0.6 is 0 Å². The fraction of sp³-hybridized carbons (Fsp3) is 0.542. The quantitative estimate of drug-likeness (QED) is 0.484. The number of piperidine rings is 1. The monoisotopic (exact) mass is 411 g/mol. The van der Waals surface area contributed by atoms with E-state index in [1.165, 1.54) is 16.2 Å². The minimum absolute atomic E-state index is 0.164. The summed E-state index contributed by atoms with van der Waals surface area (Å²) in [6, 6.07) is 8.93. The highest BCUT2D eigenvalue weighted by atomic mass is 16.2. The summed E-state index contributed by atoms with van der Waals surface area (Å²) in [6.07, 6.45) is 5.36. The second-order valence-corrected chi connectivity index (χ2v) is 8.64. The summed E-state index contributed by atoms with van der Waals surface area (Å²) in [5.41, 5.74) is -0.424. The SMILES string of the molecule is C=CCC1(C(C)C)C(=O)N(CCN2CCCCC2)C(=O)N(Cc2ccccc2)C1=O. The number of barbiturate groups is 1. The smallest absolute Gasteiger partial charge is 0.302 e. The number of carbonyl (C=O) groups is 3. The molecule has 0 bridgehead atoms. The fourth-order valence-corrected chi connectivity index (χ4v) is 4.55. The molecule has 1 unspecified atom stereocenters. The Balaban J connectivity index is 1.91. The summed E-state index contributed by atoms with van der Waals surface area (Å²) in [6.45, 7) is 10.6. The van der Waals surface area contributed by atoms with Crippen LogP contribution in [0.5, 0.6) is 0 Å². The van der Waals surface area contributed by atoms with Crippen LogP contribution in [-0.4, -0.2) is 58.7 Å². The Morgan fingerprint density at radius 1 is 0.967 bits per heavy atom. The van der Waals surface area contributed by atoms with E-state index in [1.807, 2.05) is 44.2 Å². The Hall–Kier alpha value is -2.47. The molecule has 1 aromatic carbocycles. The number of likely N-dealkylation sites (tertiary alicyclic amines) is 1. The summed E-state index contributed by atoms with van der Waals surface area (Å²) in [5, 5.41) is 0. The van der Waals surface area contributed by atoms with Crippen molar-refractivity contribution >= 4 is 17.8 Å². The number of allylic oxidation sites excluding steroid dienone is 1. The minimum Gasteiger partial charge on any atom is -0.302 e. The van der Waals surface area contributed by atoms with Crippen LogP contribution in [0.2, 0.25) is 0 Å². The molecule has 1 atom stereocenters. The number of carbonyl (C=O) groups excluding carboxylic acids is 3. The summed E-state index contributed by atoms with van der Waals surface area (Å²) >= 11 is 0. The Morgan fingerprint density at radius 2 is 1.60 bits per heavy atom. The molecule has 0 spiro atoms. The zero-order valence-electron chi connectivity index (χ0n) is 18.2. The van der Waals surface area contributed by atoms with Crippen molar-refractivity contribution in [2.24, 2.45) is 11.3 Å². The van der Waals surface area contributed by atoms with Gasteiger partial charge in [0.15, 0.2) is 0 Å². The lowest BCUT2D eigenvalue weighted by Gasteiger charge is -2.46. The number of benzene rings is 1. The molecule has 2 fully saturated rings. The standard InChI is InChI=1S/C24H33N3O3/c1-4-13-24(19(2)3)21(28)26(17-16-25-14-9-6-10-15-25)23(30)27(22(24)29)18-20-11-7-5-8-12-20/h4-5,7-8,11-12,19H,1,6,9-10,13-18H2,2-3H3. The normalized spacial score (nSPS) is 23.4. The van der Waals surface area contributed by atoms with E-state index < -0.39 is 17.4 Å². The van der Waals surface area contributed by atoms with E-state index in [9.17, 15) is 14.4 Å². The predicted octanol–water partition coefficient (Wildman–Crippen LogP) is 3.68. The van der Waals surface area contributed by atoms with E-state index in [0.717, 1.165) is 31.5 Å². The van der Waals surface area contributed by atoms with Gasteiger partial charge < -0.3 is 4.90 Å². The Bertz CT molecular complexity index is 786. The molecule has 2 aliphatic heterocycles. The molecule has 0 radical (unpaired) electrons. The van der Waals surface area contributed by atoms with Crippen molar-refractivity contribution in [3.63, 3.8) is 0 Å². The number of amides is 4. The largest absolute Gasteiger partial charge is 0.333 e. The lowest BCUT2D eigenvalue weighted by molar-refractivity contribution is -0.162. The molecule has 6 nitrogen and oxygen atoms in total. The average molecular weight is 412 g/mol. The highest BCUT2D eigenvalue weighted by Crippen LogP contribution is 2.40. The molecule has 2 heterocycles. The molecule has 6 heteroatoms. The van der Waals surface area contributed by atoms with Crippen LogP contribution in [0.1, 0.15) is 45.1 Å². The molecule has 30 heavy (non-hydrogen) atoms. The molecule has 3 rings (SSSR count). The van der Waals surface area contributed by atoms with Gasteiger partial charge in [-0.05, 0) is 43.8 Å². The van der Waals surface area contributed by atoms with Crippen molar-refractivity contribution < 1.29 is 14.4 Å². The summed E-state index contributed by atoms with van der Waals surface area (Å²) in [5.74, 6) is -1.04. The van der Waals surface area contributed by atoms with E-state index >= 15 is 0 Å². The van der Waals surface area contributed by atoms with E-state index in [2.05, 4.69) is 11.5 Å². The van der Waals surface area contributed by atoms with Gasteiger partial charge in [0.25, 0.3) is 0 Å². The number of imide groups is 2. The van der Waals surface area contributed by atoms with Crippen LogP contribution in [0.15, 0.2) is 43.0 Å². The first-order valence-corrected chi connectivity index (χ1v) is 11.0. The molecule has 0 aliphatic carbocycles. The molecule has 0 N–H and O–H groups in total. The van der Waals surface area contributed by atoms with Crippen molar-refractivity contribution in [2.75, 3.05) is 26.2 Å². The number of urea groups is 1. The van der Waals surface area contributed by atoms with Gasteiger partial charge in [0.05, 0.1) is 6.54 Å². The zero-order chi connectivity index (χ0) is 21.7. The maximum Gasteiger partial charge on any atom is 0.333 e. The van der Waals surface area contributed by atoms with Gasteiger partial charge in [-0.25, -0.2) is 4.79 Å². The molecule has 1 aromatic rings. The third-order valence-corrected chi connectivity index (χ3v) is 6.44. The highest BCUT2D eigenvalue weighted by molar-refractivity contribution is 6.19. The van der Waals surface area contributed by atoms with Gasteiger partial charge in [0.2, 0.25) is 11.8 Å². The molecule has 4 amide bonds. The zero-order valence-corrected chi connectivity index (χ0v) is 18.2. The summed E-state index contributed by atoms with van der Waals surface area (Å²) < 4.78 is 0. The van der Waals surface area contributed by atoms with E-state index in [-0.39, 0.29) is 24.8 Å². The first-order chi connectivity index (χ1) is 14.4. The molecule has 2 aliphatic rings. The first-order valence-electron chi connectivity index (χ1n) is 11.0. The van der Waals surface area contributed by atoms with Crippen LogP contribution in [0.4, 0.5) is 4.79 Å². The Labute approximate surface area is 179 Å². The second kappa shape index (κ2) is 9.56. The summed E-state index contributed by atoms with van der Waals surface area (Å²) in [4.78, 5) is 45.3. The number of hydrogen-bond donors (Lipinski definition) is 0. The van der Waals surface area contributed by atoms with Crippen LogP contribution in [0.3, 0.4) is 0 Å². The molecule has 0 saturated carbocycles. The molecule has 0 aromatic heterocycles. The van der Waals surface area contributed by atoms with Gasteiger partial charge in [-0.3, -0.25) is 19.4 Å². The third-order valence-electron chi connectivity index (χ3n) is 6.44. The number of hydrogen-bond acceptors (Lipinski definition) is 4. The van der Waals surface area contributed by atoms with E-state index in [4.69, 9.17) is 0 Å². The van der Waals surface area contributed by atoms with Crippen molar-refractivity contribution in [1.29, 1.82) is 0 Å². The van der Waals surface area contributed by atoms with E-state index in [0.29, 0.717) is 13.1 Å². The van der Waals surface area contributed by atoms with Crippen LogP contribution in [0.25, 0.3) is 0 Å². The topological polar surface area (TPSA) is 60.9 Å². The number of nitrogens with zero attached hydrogens (tertiary/aromatic N) is 3. The summed E-state index contributed by atoms with van der Waals surface area (Å²) in [7, 11) is 0. The Morgan fingerprint density at radius 3 is 2.20 bits per heavy atom. The lowest BCUT2D eigenvalue weighted by Crippen LogP contribution is -2.67. The van der Waals surface area contributed by atoms with Gasteiger partial charge in [-0.15, -0.1) is 6.58 Å². The van der Waals surface area contributed by atoms with Crippen molar-refractivity contribution in [1.82, 2.24) is 14.7 Å². The fourth-order valence-electron chi connectivity index (χ4n) is 4.55. The van der Waals surface area contributed by atoms with Gasteiger partial charge >= 0.3 is 6.03 Å². The lowest BCUT2D eigenvalue weighted by atomic mass is 9.70.